The molecule has 0 aliphatic rings. The number of amides is 1. The number of carbonyl (C=O) groups excluding carboxylic acids is 1. The Bertz CT molecular complexity index is 1000. The maximum atomic E-state index is 12.3. The fourth-order valence-corrected chi connectivity index (χ4v) is 3.36. The number of benzene rings is 1. The van der Waals surface area contributed by atoms with Crippen molar-refractivity contribution in [3.05, 3.63) is 65.6 Å². The second-order valence-corrected chi connectivity index (χ2v) is 6.65. The molecule has 7 heteroatoms. The lowest BCUT2D eigenvalue weighted by molar-refractivity contribution is 0.0950. The molecule has 124 valence electrons. The first-order valence-corrected chi connectivity index (χ1v) is 8.58. The molecule has 0 spiro atoms. The summed E-state index contributed by atoms with van der Waals surface area (Å²) in [6.45, 7) is 0.412. The molecule has 0 bridgehead atoms. The first-order valence-electron chi connectivity index (χ1n) is 7.77. The van der Waals surface area contributed by atoms with Gasteiger partial charge in [0.1, 0.15) is 0 Å². The molecule has 4 rings (SSSR count). The number of thiazole rings is 1. The van der Waals surface area contributed by atoms with E-state index in [-0.39, 0.29) is 5.91 Å². The molecule has 0 saturated carbocycles. The highest BCUT2D eigenvalue weighted by Gasteiger charge is 2.11. The van der Waals surface area contributed by atoms with E-state index in [0.717, 1.165) is 27.0 Å². The van der Waals surface area contributed by atoms with Crippen LogP contribution in [0, 0.1) is 0 Å². The van der Waals surface area contributed by atoms with Crippen LogP contribution in [0.5, 0.6) is 0 Å². The fourth-order valence-electron chi connectivity index (χ4n) is 2.48. The average Bonchev–Trinajstić information content (AvgIpc) is 3.26. The van der Waals surface area contributed by atoms with Crippen molar-refractivity contribution in [2.24, 2.45) is 7.05 Å². The normalized spacial score (nSPS) is 10.9. The van der Waals surface area contributed by atoms with Crippen molar-refractivity contribution in [1.82, 2.24) is 25.1 Å². The van der Waals surface area contributed by atoms with Gasteiger partial charge in [0.2, 0.25) is 0 Å². The van der Waals surface area contributed by atoms with Gasteiger partial charge in [-0.25, -0.2) is 4.98 Å². The van der Waals surface area contributed by atoms with Gasteiger partial charge < -0.3 is 5.32 Å². The summed E-state index contributed by atoms with van der Waals surface area (Å²) in [5.74, 6) is -0.169. The van der Waals surface area contributed by atoms with Gasteiger partial charge in [-0.1, -0.05) is 18.2 Å². The molecule has 0 radical (unpaired) electrons. The van der Waals surface area contributed by atoms with E-state index >= 15 is 0 Å². The Morgan fingerprint density at radius 1 is 1.20 bits per heavy atom. The Kier molecular flexibility index (Phi) is 3.99. The molecule has 1 aromatic carbocycles. The van der Waals surface area contributed by atoms with Crippen LogP contribution in [-0.2, 0) is 13.6 Å². The van der Waals surface area contributed by atoms with E-state index in [9.17, 15) is 4.79 Å². The van der Waals surface area contributed by atoms with E-state index in [1.54, 1.807) is 17.1 Å². The second kappa shape index (κ2) is 6.45. The maximum absolute atomic E-state index is 12.3. The van der Waals surface area contributed by atoms with Gasteiger partial charge in [-0.3, -0.25) is 14.5 Å². The molecule has 25 heavy (non-hydrogen) atoms. The molecule has 6 nitrogen and oxygen atoms in total. The molecule has 0 aliphatic heterocycles. The van der Waals surface area contributed by atoms with E-state index in [1.807, 2.05) is 49.6 Å². The number of aromatic nitrogens is 4. The number of nitrogens with one attached hydrogen (secondary N) is 1. The predicted molar refractivity (Wildman–Crippen MR) is 97.2 cm³/mol. The molecule has 0 aliphatic carbocycles. The van der Waals surface area contributed by atoms with Crippen molar-refractivity contribution in [2.75, 3.05) is 0 Å². The van der Waals surface area contributed by atoms with Crippen LogP contribution in [0.15, 0.2) is 55.0 Å². The first-order chi connectivity index (χ1) is 12.2. The van der Waals surface area contributed by atoms with Gasteiger partial charge >= 0.3 is 0 Å². The SMILES string of the molecule is Cn1cc(-c2ccc(CNC(=O)c3nc4ccccc4s3)cn2)cn1. The minimum Gasteiger partial charge on any atom is -0.346 e. The third-order valence-corrected chi connectivity index (χ3v) is 4.80. The topological polar surface area (TPSA) is 72.7 Å². The van der Waals surface area contributed by atoms with Crippen LogP contribution >= 0.6 is 11.3 Å². The summed E-state index contributed by atoms with van der Waals surface area (Å²) < 4.78 is 2.75. The second-order valence-electron chi connectivity index (χ2n) is 5.62. The Morgan fingerprint density at radius 3 is 2.80 bits per heavy atom. The van der Waals surface area contributed by atoms with Gasteiger partial charge in [0.15, 0.2) is 5.01 Å². The van der Waals surface area contributed by atoms with Crippen LogP contribution in [0.4, 0.5) is 0 Å². The van der Waals surface area contributed by atoms with Gasteiger partial charge in [0.05, 0.1) is 22.1 Å². The van der Waals surface area contributed by atoms with E-state index in [1.165, 1.54) is 11.3 Å². The molecule has 3 heterocycles. The summed E-state index contributed by atoms with van der Waals surface area (Å²) in [5, 5.41) is 7.51. The summed E-state index contributed by atoms with van der Waals surface area (Å²) in [4.78, 5) is 21.1. The minimum atomic E-state index is -0.169. The number of nitrogens with zero attached hydrogens (tertiary/aromatic N) is 4. The van der Waals surface area contributed by atoms with Gasteiger partial charge in [0, 0.05) is 31.5 Å². The molecule has 0 fully saturated rings. The molecular formula is C18H15N5OS. The van der Waals surface area contributed by atoms with Crippen LogP contribution < -0.4 is 5.32 Å². The van der Waals surface area contributed by atoms with Crippen molar-refractivity contribution >= 4 is 27.5 Å². The minimum absolute atomic E-state index is 0.169. The molecule has 0 unspecified atom stereocenters. The molecule has 1 N–H and O–H groups in total. The lowest BCUT2D eigenvalue weighted by Gasteiger charge is -2.04. The third-order valence-electron chi connectivity index (χ3n) is 3.77. The van der Waals surface area contributed by atoms with Crippen LogP contribution in [0.1, 0.15) is 15.4 Å². The molecule has 0 saturated heterocycles. The quantitative estimate of drug-likeness (QED) is 0.615. The standard InChI is InChI=1S/C18H15N5OS/c1-23-11-13(10-21-23)14-7-6-12(8-19-14)9-20-17(24)18-22-15-4-2-3-5-16(15)25-18/h2-8,10-11H,9H2,1H3,(H,20,24). The maximum Gasteiger partial charge on any atom is 0.280 e. The number of carbonyl (C=O) groups is 1. The van der Waals surface area contributed by atoms with Crippen molar-refractivity contribution in [2.45, 2.75) is 6.54 Å². The number of hydrogen-bond donors (Lipinski definition) is 1. The Hall–Kier alpha value is -3.06. The number of fused-ring (bicyclic) bond motifs is 1. The smallest absolute Gasteiger partial charge is 0.280 e. The fraction of sp³-hybridized carbons (Fsp3) is 0.111. The summed E-state index contributed by atoms with van der Waals surface area (Å²) >= 11 is 1.39. The van der Waals surface area contributed by atoms with E-state index in [4.69, 9.17) is 0 Å². The lowest BCUT2D eigenvalue weighted by Crippen LogP contribution is -2.22. The van der Waals surface area contributed by atoms with Gasteiger partial charge in [0.25, 0.3) is 5.91 Å². The third kappa shape index (κ3) is 3.27. The van der Waals surface area contributed by atoms with Crippen molar-refractivity contribution in [3.8, 4) is 11.3 Å². The predicted octanol–water partition coefficient (Wildman–Crippen LogP) is 3.02. The average molecular weight is 349 g/mol. The number of rotatable bonds is 4. The van der Waals surface area contributed by atoms with Crippen LogP contribution in [-0.4, -0.2) is 25.7 Å². The number of hydrogen-bond acceptors (Lipinski definition) is 5. The number of aryl methyl sites for hydroxylation is 1. The van der Waals surface area contributed by atoms with Gasteiger partial charge in [-0.15, -0.1) is 11.3 Å². The van der Waals surface area contributed by atoms with Crippen LogP contribution in [0.25, 0.3) is 21.5 Å². The summed E-state index contributed by atoms with van der Waals surface area (Å²) in [6.07, 6.45) is 5.45. The Labute approximate surface area is 148 Å². The molecule has 0 atom stereocenters. The van der Waals surface area contributed by atoms with E-state index < -0.39 is 0 Å². The number of pyridine rings is 1. The Morgan fingerprint density at radius 2 is 2.08 bits per heavy atom. The van der Waals surface area contributed by atoms with Crippen molar-refractivity contribution in [3.63, 3.8) is 0 Å². The summed E-state index contributed by atoms with van der Waals surface area (Å²) in [6, 6.07) is 11.6. The highest BCUT2D eigenvalue weighted by Crippen LogP contribution is 2.21. The zero-order chi connectivity index (χ0) is 17.2. The largest absolute Gasteiger partial charge is 0.346 e. The Balaban J connectivity index is 1.43. The summed E-state index contributed by atoms with van der Waals surface area (Å²) in [5.41, 5.74) is 3.60. The molecular weight excluding hydrogens is 334 g/mol. The van der Waals surface area contributed by atoms with Gasteiger partial charge in [-0.2, -0.15) is 5.10 Å². The summed E-state index contributed by atoms with van der Waals surface area (Å²) in [7, 11) is 1.87. The zero-order valence-corrected chi connectivity index (χ0v) is 14.3. The molecule has 1 amide bonds. The monoisotopic (exact) mass is 349 g/mol. The van der Waals surface area contributed by atoms with Gasteiger partial charge in [-0.05, 0) is 23.8 Å². The highest BCUT2D eigenvalue weighted by molar-refractivity contribution is 7.20. The lowest BCUT2D eigenvalue weighted by atomic mass is 10.2. The number of para-hydroxylation sites is 1. The van der Waals surface area contributed by atoms with E-state index in [0.29, 0.717) is 11.6 Å². The first kappa shape index (κ1) is 15.5. The molecule has 4 aromatic rings. The van der Waals surface area contributed by atoms with Crippen LogP contribution in [0.3, 0.4) is 0 Å². The molecule has 3 aromatic heterocycles. The van der Waals surface area contributed by atoms with E-state index in [2.05, 4.69) is 20.4 Å². The van der Waals surface area contributed by atoms with Crippen LogP contribution in [0.2, 0.25) is 0 Å². The highest BCUT2D eigenvalue weighted by atomic mass is 32.1. The van der Waals surface area contributed by atoms with Crippen molar-refractivity contribution in [1.29, 1.82) is 0 Å². The van der Waals surface area contributed by atoms with Crippen molar-refractivity contribution < 1.29 is 4.79 Å². The zero-order valence-electron chi connectivity index (χ0n) is 13.5.